The van der Waals surface area contributed by atoms with Crippen LogP contribution in [0.4, 0.5) is 4.39 Å². The average Bonchev–Trinajstić information content (AvgIpc) is 2.61. The Morgan fingerprint density at radius 1 is 1.24 bits per heavy atom. The van der Waals surface area contributed by atoms with Crippen LogP contribution in [0.3, 0.4) is 0 Å². The molecule has 25 heavy (non-hydrogen) atoms. The van der Waals surface area contributed by atoms with Crippen molar-refractivity contribution in [3.8, 4) is 5.75 Å². The van der Waals surface area contributed by atoms with E-state index in [9.17, 15) is 14.0 Å². The van der Waals surface area contributed by atoms with Gasteiger partial charge in [0.15, 0.2) is 6.10 Å². The number of nitrogens with one attached hydrogen (secondary N) is 2. The summed E-state index contributed by atoms with van der Waals surface area (Å²) in [5, 5.41) is 5.30. The molecule has 2 aromatic rings. The van der Waals surface area contributed by atoms with E-state index in [0.717, 1.165) is 5.56 Å². The van der Waals surface area contributed by atoms with Gasteiger partial charge in [-0.2, -0.15) is 0 Å². The summed E-state index contributed by atoms with van der Waals surface area (Å²) in [5.74, 6) is -0.523. The summed E-state index contributed by atoms with van der Waals surface area (Å²) in [6, 6.07) is 11.0. The van der Waals surface area contributed by atoms with Crippen molar-refractivity contribution in [1.29, 1.82) is 0 Å². The second kappa shape index (κ2) is 8.62. The highest BCUT2D eigenvalue weighted by Gasteiger charge is 2.16. The van der Waals surface area contributed by atoms with Crippen LogP contribution in [0.25, 0.3) is 0 Å². The summed E-state index contributed by atoms with van der Waals surface area (Å²) in [6.45, 7) is 1.87. The Bertz CT molecular complexity index is 783. The first kappa shape index (κ1) is 18.9. The second-order valence-corrected chi connectivity index (χ2v) is 6.19. The third-order valence-electron chi connectivity index (χ3n) is 3.45. The lowest BCUT2D eigenvalue weighted by atomic mass is 10.1. The monoisotopic (exact) mass is 408 g/mol. The molecule has 132 valence electrons. The summed E-state index contributed by atoms with van der Waals surface area (Å²) < 4.78 is 19.0. The van der Waals surface area contributed by atoms with E-state index in [2.05, 4.69) is 26.6 Å². The Labute approximate surface area is 153 Å². The summed E-state index contributed by atoms with van der Waals surface area (Å²) in [5.41, 5.74) is 1.32. The normalized spacial score (nSPS) is 11.5. The molecule has 2 N–H and O–H groups in total. The van der Waals surface area contributed by atoms with Gasteiger partial charge in [-0.05, 0) is 58.7 Å². The minimum atomic E-state index is -0.760. The molecule has 0 heterocycles. The smallest absolute Gasteiger partial charge is 0.261 e. The molecule has 0 aliphatic rings. The van der Waals surface area contributed by atoms with Gasteiger partial charge in [-0.15, -0.1) is 0 Å². The van der Waals surface area contributed by atoms with E-state index in [1.54, 1.807) is 32.2 Å². The van der Waals surface area contributed by atoms with E-state index in [1.165, 1.54) is 18.2 Å². The van der Waals surface area contributed by atoms with Crippen molar-refractivity contribution in [1.82, 2.24) is 10.6 Å². The van der Waals surface area contributed by atoms with Gasteiger partial charge in [0.25, 0.3) is 11.8 Å². The molecular formula is C18H18BrFN2O3. The summed E-state index contributed by atoms with van der Waals surface area (Å²) >= 11 is 3.19. The number of hydrogen-bond donors (Lipinski definition) is 2. The number of hydrogen-bond acceptors (Lipinski definition) is 3. The van der Waals surface area contributed by atoms with Gasteiger partial charge in [0.05, 0.1) is 4.47 Å². The van der Waals surface area contributed by atoms with Crippen LogP contribution in [0.1, 0.15) is 22.8 Å². The first-order chi connectivity index (χ1) is 11.9. The van der Waals surface area contributed by atoms with Crippen LogP contribution in [0, 0.1) is 5.82 Å². The molecule has 2 rings (SSSR count). The van der Waals surface area contributed by atoms with Crippen LogP contribution < -0.4 is 15.4 Å². The minimum Gasteiger partial charge on any atom is -0.480 e. The minimum absolute atomic E-state index is 0.189. The maximum absolute atomic E-state index is 13.1. The fourth-order valence-electron chi connectivity index (χ4n) is 2.11. The lowest BCUT2D eigenvalue weighted by Gasteiger charge is -2.16. The zero-order chi connectivity index (χ0) is 18.4. The predicted octanol–water partition coefficient (Wildman–Crippen LogP) is 3.03. The molecule has 0 saturated carbocycles. The van der Waals surface area contributed by atoms with Crippen LogP contribution in [-0.2, 0) is 11.3 Å². The molecule has 0 radical (unpaired) electrons. The lowest BCUT2D eigenvalue weighted by Crippen LogP contribution is -2.36. The van der Waals surface area contributed by atoms with Crippen LogP contribution in [0.2, 0.25) is 0 Å². The molecule has 0 fully saturated rings. The molecule has 2 aromatic carbocycles. The Kier molecular flexibility index (Phi) is 6.52. The molecule has 7 heteroatoms. The van der Waals surface area contributed by atoms with Crippen molar-refractivity contribution in [3.05, 3.63) is 63.9 Å². The van der Waals surface area contributed by atoms with Gasteiger partial charge in [0.2, 0.25) is 0 Å². The number of carbonyl (C=O) groups is 2. The SMILES string of the molecule is CNC(=O)c1cccc(CNC(=O)[C@@H](C)Oc2ccc(F)cc2Br)c1. The molecule has 0 aliphatic heterocycles. The molecule has 2 amide bonds. The van der Waals surface area contributed by atoms with Crippen molar-refractivity contribution in [2.45, 2.75) is 19.6 Å². The molecular weight excluding hydrogens is 391 g/mol. The summed E-state index contributed by atoms with van der Waals surface area (Å²) in [6.07, 6.45) is -0.760. The van der Waals surface area contributed by atoms with Crippen LogP contribution >= 0.6 is 15.9 Å². The maximum atomic E-state index is 13.1. The predicted molar refractivity (Wildman–Crippen MR) is 95.9 cm³/mol. The van der Waals surface area contributed by atoms with Gasteiger partial charge in [-0.3, -0.25) is 9.59 Å². The number of amides is 2. The van der Waals surface area contributed by atoms with Gasteiger partial charge in [0.1, 0.15) is 11.6 Å². The molecule has 0 aliphatic carbocycles. The van der Waals surface area contributed by atoms with E-state index < -0.39 is 11.9 Å². The van der Waals surface area contributed by atoms with Crippen molar-refractivity contribution in [2.24, 2.45) is 0 Å². The number of rotatable bonds is 6. The first-order valence-corrected chi connectivity index (χ1v) is 8.40. The van der Waals surface area contributed by atoms with Gasteiger partial charge in [-0.25, -0.2) is 4.39 Å². The van der Waals surface area contributed by atoms with Crippen LogP contribution in [0.5, 0.6) is 5.75 Å². The third-order valence-corrected chi connectivity index (χ3v) is 4.07. The standard InChI is InChI=1S/C18H18BrFN2O3/c1-11(25-16-7-6-14(20)9-15(16)19)17(23)22-10-12-4-3-5-13(8-12)18(24)21-2/h3-9,11H,10H2,1-2H3,(H,21,24)(H,22,23)/t11-/m1/s1. The Morgan fingerprint density at radius 3 is 2.68 bits per heavy atom. The van der Waals surface area contributed by atoms with Gasteiger partial charge < -0.3 is 15.4 Å². The lowest BCUT2D eigenvalue weighted by molar-refractivity contribution is -0.127. The zero-order valence-electron chi connectivity index (χ0n) is 13.8. The van der Waals surface area contributed by atoms with Crippen molar-refractivity contribution in [2.75, 3.05) is 7.05 Å². The van der Waals surface area contributed by atoms with Crippen molar-refractivity contribution < 1.29 is 18.7 Å². The molecule has 5 nitrogen and oxygen atoms in total. The van der Waals surface area contributed by atoms with Crippen molar-refractivity contribution in [3.63, 3.8) is 0 Å². The Balaban J connectivity index is 1.94. The highest BCUT2D eigenvalue weighted by molar-refractivity contribution is 9.10. The fraction of sp³-hybridized carbons (Fsp3) is 0.222. The topological polar surface area (TPSA) is 67.4 Å². The maximum Gasteiger partial charge on any atom is 0.261 e. The summed E-state index contributed by atoms with van der Waals surface area (Å²) in [4.78, 5) is 23.8. The van der Waals surface area contributed by atoms with E-state index in [-0.39, 0.29) is 18.4 Å². The molecule has 1 atom stereocenters. The fourth-order valence-corrected chi connectivity index (χ4v) is 2.56. The number of halogens is 2. The molecule has 0 unspecified atom stereocenters. The number of ether oxygens (including phenoxy) is 1. The largest absolute Gasteiger partial charge is 0.480 e. The average molecular weight is 409 g/mol. The molecule has 0 spiro atoms. The highest BCUT2D eigenvalue weighted by Crippen LogP contribution is 2.26. The van der Waals surface area contributed by atoms with Gasteiger partial charge >= 0.3 is 0 Å². The van der Waals surface area contributed by atoms with Gasteiger partial charge in [-0.1, -0.05) is 12.1 Å². The molecule has 0 aromatic heterocycles. The molecule has 0 bridgehead atoms. The number of benzene rings is 2. The van der Waals surface area contributed by atoms with Crippen molar-refractivity contribution >= 4 is 27.7 Å². The van der Waals surface area contributed by atoms with Gasteiger partial charge in [0, 0.05) is 19.2 Å². The second-order valence-electron chi connectivity index (χ2n) is 5.33. The Hall–Kier alpha value is -2.41. The number of carbonyl (C=O) groups excluding carboxylic acids is 2. The quantitative estimate of drug-likeness (QED) is 0.771. The van der Waals surface area contributed by atoms with E-state index in [4.69, 9.17) is 4.74 Å². The first-order valence-electron chi connectivity index (χ1n) is 7.61. The van der Waals surface area contributed by atoms with E-state index >= 15 is 0 Å². The van der Waals surface area contributed by atoms with Crippen LogP contribution in [-0.4, -0.2) is 25.0 Å². The van der Waals surface area contributed by atoms with E-state index in [1.807, 2.05) is 6.07 Å². The zero-order valence-corrected chi connectivity index (χ0v) is 15.4. The summed E-state index contributed by atoms with van der Waals surface area (Å²) in [7, 11) is 1.56. The van der Waals surface area contributed by atoms with Crippen LogP contribution in [0.15, 0.2) is 46.9 Å². The third kappa shape index (κ3) is 5.29. The highest BCUT2D eigenvalue weighted by atomic mass is 79.9. The van der Waals surface area contributed by atoms with E-state index in [0.29, 0.717) is 15.8 Å². The Morgan fingerprint density at radius 2 is 2.00 bits per heavy atom. The molecule has 0 saturated heterocycles.